The maximum atomic E-state index is 12.9. The number of hydrogen-bond donors (Lipinski definition) is 1. The highest BCUT2D eigenvalue weighted by Crippen LogP contribution is 2.28. The lowest BCUT2D eigenvalue weighted by Crippen LogP contribution is -3.13. The maximum absolute atomic E-state index is 12.9. The average molecular weight is 460 g/mol. The summed E-state index contributed by atoms with van der Waals surface area (Å²) >= 11 is 5.89. The standard InChI is InChI=1S/C23H23ClN2O4S/c24-19-4-6-20(7-5-19)31(28,29)26-10-8-25(9-11-26)15-18-14-23(27)30-22-13-17-3-1-2-16(17)12-21(18)22/h4-7,12-14H,1-3,8-11,15H2/p+1. The summed E-state index contributed by atoms with van der Waals surface area (Å²) in [6.45, 7) is 2.92. The minimum Gasteiger partial charge on any atom is -0.423 e. The molecule has 1 N–H and O–H groups in total. The van der Waals surface area contributed by atoms with Gasteiger partial charge in [0.1, 0.15) is 12.1 Å². The van der Waals surface area contributed by atoms with Crippen LogP contribution in [0.4, 0.5) is 0 Å². The van der Waals surface area contributed by atoms with Crippen molar-refractivity contribution < 1.29 is 17.7 Å². The van der Waals surface area contributed by atoms with Gasteiger partial charge in [0.2, 0.25) is 10.0 Å². The van der Waals surface area contributed by atoms with E-state index < -0.39 is 10.0 Å². The highest BCUT2D eigenvalue weighted by molar-refractivity contribution is 7.89. The molecule has 2 aromatic carbocycles. The molecule has 0 saturated carbocycles. The zero-order chi connectivity index (χ0) is 21.6. The van der Waals surface area contributed by atoms with Crippen molar-refractivity contribution >= 4 is 32.6 Å². The van der Waals surface area contributed by atoms with Crippen molar-refractivity contribution in [1.82, 2.24) is 4.31 Å². The van der Waals surface area contributed by atoms with Gasteiger partial charge in [0.05, 0.1) is 31.1 Å². The summed E-state index contributed by atoms with van der Waals surface area (Å²) in [4.78, 5) is 13.7. The Morgan fingerprint density at radius 3 is 2.39 bits per heavy atom. The van der Waals surface area contributed by atoms with Gasteiger partial charge in [0.15, 0.2) is 0 Å². The van der Waals surface area contributed by atoms with Crippen molar-refractivity contribution in [2.24, 2.45) is 0 Å². The molecule has 8 heteroatoms. The van der Waals surface area contributed by atoms with Crippen LogP contribution in [0, 0.1) is 0 Å². The largest absolute Gasteiger partial charge is 0.423 e. The molecule has 3 aromatic rings. The van der Waals surface area contributed by atoms with Crippen LogP contribution in [0.15, 0.2) is 56.6 Å². The van der Waals surface area contributed by atoms with E-state index in [1.54, 1.807) is 30.3 Å². The summed E-state index contributed by atoms with van der Waals surface area (Å²) in [5.41, 5.74) is 3.93. The number of nitrogens with zero attached hydrogens (tertiary/aromatic N) is 1. The van der Waals surface area contributed by atoms with Crippen molar-refractivity contribution in [2.75, 3.05) is 26.2 Å². The van der Waals surface area contributed by atoms with Crippen molar-refractivity contribution in [3.05, 3.63) is 74.6 Å². The lowest BCUT2D eigenvalue weighted by molar-refractivity contribution is -0.917. The minimum atomic E-state index is -3.53. The molecule has 1 fully saturated rings. The third-order valence-electron chi connectivity index (χ3n) is 6.36. The van der Waals surface area contributed by atoms with Gasteiger partial charge in [-0.25, -0.2) is 13.2 Å². The number of aryl methyl sites for hydroxylation is 2. The van der Waals surface area contributed by atoms with Crippen molar-refractivity contribution in [1.29, 1.82) is 0 Å². The summed E-state index contributed by atoms with van der Waals surface area (Å²) < 4.78 is 32.8. The van der Waals surface area contributed by atoms with Crippen LogP contribution in [-0.2, 0) is 29.4 Å². The molecule has 0 amide bonds. The number of nitrogens with one attached hydrogen (secondary N) is 1. The van der Waals surface area contributed by atoms with Gasteiger partial charge in [-0.3, -0.25) is 0 Å². The van der Waals surface area contributed by atoms with Crippen LogP contribution >= 0.6 is 11.6 Å². The van der Waals surface area contributed by atoms with E-state index in [9.17, 15) is 13.2 Å². The van der Waals surface area contributed by atoms with E-state index in [2.05, 4.69) is 6.07 Å². The fourth-order valence-electron chi connectivity index (χ4n) is 4.69. The molecule has 1 saturated heterocycles. The lowest BCUT2D eigenvalue weighted by Gasteiger charge is -2.31. The van der Waals surface area contributed by atoms with Crippen molar-refractivity contribution in [3.63, 3.8) is 0 Å². The number of piperazine rings is 1. The van der Waals surface area contributed by atoms with Gasteiger partial charge >= 0.3 is 5.63 Å². The molecule has 162 valence electrons. The topological polar surface area (TPSA) is 72.0 Å². The van der Waals surface area contributed by atoms with E-state index in [0.717, 1.165) is 30.2 Å². The van der Waals surface area contributed by atoms with Crippen LogP contribution in [0.1, 0.15) is 23.1 Å². The molecule has 0 spiro atoms. The van der Waals surface area contributed by atoms with Crippen molar-refractivity contribution in [2.45, 2.75) is 30.7 Å². The van der Waals surface area contributed by atoms with Crippen LogP contribution < -0.4 is 10.5 Å². The molecular weight excluding hydrogens is 436 g/mol. The first-order valence-electron chi connectivity index (χ1n) is 10.6. The Morgan fingerprint density at radius 1 is 1.00 bits per heavy atom. The highest BCUT2D eigenvalue weighted by Gasteiger charge is 2.30. The Bertz CT molecular complexity index is 1290. The second-order valence-electron chi connectivity index (χ2n) is 8.35. The summed E-state index contributed by atoms with van der Waals surface area (Å²) in [6.07, 6.45) is 3.24. The monoisotopic (exact) mass is 459 g/mol. The number of benzene rings is 2. The van der Waals surface area contributed by atoms with Gasteiger partial charge in [0, 0.05) is 22.0 Å². The number of sulfonamides is 1. The molecule has 1 aromatic heterocycles. The van der Waals surface area contributed by atoms with Crippen LogP contribution in [0.2, 0.25) is 5.02 Å². The van der Waals surface area contributed by atoms with Crippen LogP contribution in [0.25, 0.3) is 11.0 Å². The molecule has 1 aliphatic heterocycles. The predicted octanol–water partition coefficient (Wildman–Crippen LogP) is 2.02. The smallest absolute Gasteiger partial charge is 0.336 e. The zero-order valence-electron chi connectivity index (χ0n) is 17.1. The molecule has 0 bridgehead atoms. The number of quaternary nitrogens is 1. The Balaban J connectivity index is 1.33. The van der Waals surface area contributed by atoms with Gasteiger partial charge in [-0.2, -0.15) is 4.31 Å². The van der Waals surface area contributed by atoms with Gasteiger partial charge < -0.3 is 9.32 Å². The lowest BCUT2D eigenvalue weighted by atomic mass is 10.0. The number of halogens is 1. The number of fused-ring (bicyclic) bond motifs is 2. The molecular formula is C23H24ClN2O4S+. The molecule has 2 aliphatic rings. The Labute approximate surface area is 186 Å². The maximum Gasteiger partial charge on any atom is 0.336 e. The molecule has 0 atom stereocenters. The van der Waals surface area contributed by atoms with E-state index in [-0.39, 0.29) is 10.5 Å². The van der Waals surface area contributed by atoms with E-state index in [0.29, 0.717) is 43.3 Å². The first-order chi connectivity index (χ1) is 14.9. The summed E-state index contributed by atoms with van der Waals surface area (Å²) in [7, 11) is -3.53. The van der Waals surface area contributed by atoms with Crippen molar-refractivity contribution in [3.8, 4) is 0 Å². The summed E-state index contributed by atoms with van der Waals surface area (Å²) in [6, 6.07) is 12.1. The predicted molar refractivity (Wildman–Crippen MR) is 119 cm³/mol. The normalized spacial score (nSPS) is 17.8. The molecule has 0 unspecified atom stereocenters. The second-order valence-corrected chi connectivity index (χ2v) is 10.7. The summed E-state index contributed by atoms with van der Waals surface area (Å²) in [5.74, 6) is 0. The van der Waals surface area contributed by atoms with Gasteiger partial charge in [-0.1, -0.05) is 11.6 Å². The fourth-order valence-corrected chi connectivity index (χ4v) is 6.25. The second kappa shape index (κ2) is 8.06. The SMILES string of the molecule is O=c1cc(C[NH+]2CCN(S(=O)(=O)c3ccc(Cl)cc3)CC2)c2cc3c(cc2o1)CCC3. The number of rotatable bonds is 4. The minimum absolute atomic E-state index is 0.265. The van der Waals surface area contributed by atoms with E-state index in [4.69, 9.17) is 16.0 Å². The first kappa shape index (κ1) is 20.7. The highest BCUT2D eigenvalue weighted by atomic mass is 35.5. The van der Waals surface area contributed by atoms with E-state index in [1.165, 1.54) is 20.3 Å². The first-order valence-corrected chi connectivity index (χ1v) is 12.4. The molecule has 2 heterocycles. The Kier molecular flexibility index (Phi) is 5.38. The average Bonchev–Trinajstić information content (AvgIpc) is 3.20. The third-order valence-corrected chi connectivity index (χ3v) is 8.53. The quantitative estimate of drug-likeness (QED) is 0.606. The van der Waals surface area contributed by atoms with Crippen LogP contribution in [-0.4, -0.2) is 38.9 Å². The molecule has 0 radical (unpaired) electrons. The summed E-state index contributed by atoms with van der Waals surface area (Å²) in [5, 5.41) is 1.52. The van der Waals surface area contributed by atoms with Gasteiger partial charge in [-0.15, -0.1) is 0 Å². The van der Waals surface area contributed by atoms with E-state index in [1.807, 2.05) is 6.07 Å². The Hall–Kier alpha value is -2.19. The molecule has 31 heavy (non-hydrogen) atoms. The van der Waals surface area contributed by atoms with Crippen LogP contribution in [0.5, 0.6) is 0 Å². The fraction of sp³-hybridized carbons (Fsp3) is 0.348. The van der Waals surface area contributed by atoms with Gasteiger partial charge in [0.25, 0.3) is 0 Å². The molecule has 5 rings (SSSR count). The Morgan fingerprint density at radius 2 is 1.68 bits per heavy atom. The zero-order valence-corrected chi connectivity index (χ0v) is 18.6. The van der Waals surface area contributed by atoms with E-state index >= 15 is 0 Å². The molecule has 6 nitrogen and oxygen atoms in total. The number of hydrogen-bond acceptors (Lipinski definition) is 4. The van der Waals surface area contributed by atoms with Crippen LogP contribution in [0.3, 0.4) is 0 Å². The van der Waals surface area contributed by atoms with Gasteiger partial charge in [-0.05, 0) is 66.8 Å². The third kappa shape index (κ3) is 4.03. The molecule has 1 aliphatic carbocycles.